The molecule has 1 aliphatic rings. The molecule has 0 aliphatic carbocycles. The van der Waals surface area contributed by atoms with Gasteiger partial charge in [-0.1, -0.05) is 20.3 Å². The van der Waals surface area contributed by atoms with E-state index < -0.39 is 11.5 Å². The Morgan fingerprint density at radius 1 is 1.43 bits per heavy atom. The summed E-state index contributed by atoms with van der Waals surface area (Å²) in [6.07, 6.45) is 6.22. The van der Waals surface area contributed by atoms with Crippen molar-refractivity contribution in [3.05, 3.63) is 0 Å². The highest BCUT2D eigenvalue weighted by atomic mass is 16.4. The van der Waals surface area contributed by atoms with Crippen LogP contribution >= 0.6 is 0 Å². The number of carboxylic acid groups (broad SMARTS) is 1. The van der Waals surface area contributed by atoms with E-state index in [0.717, 1.165) is 18.9 Å². The molecule has 0 aromatic heterocycles. The van der Waals surface area contributed by atoms with Gasteiger partial charge in [0.25, 0.3) is 0 Å². The van der Waals surface area contributed by atoms with Crippen LogP contribution in [0.2, 0.25) is 0 Å². The molecular formula is C17H34N2O2. The van der Waals surface area contributed by atoms with E-state index in [0.29, 0.717) is 12.8 Å². The lowest BCUT2D eigenvalue weighted by Gasteiger charge is -2.35. The highest BCUT2D eigenvalue weighted by Crippen LogP contribution is 2.22. The van der Waals surface area contributed by atoms with E-state index in [-0.39, 0.29) is 6.04 Å². The Morgan fingerprint density at radius 2 is 2.14 bits per heavy atom. The number of nitrogens with zero attached hydrogens (tertiary/aromatic N) is 1. The van der Waals surface area contributed by atoms with Crippen molar-refractivity contribution in [1.82, 2.24) is 10.2 Å². The summed E-state index contributed by atoms with van der Waals surface area (Å²) in [6, 6.07) is 0.195. The predicted molar refractivity (Wildman–Crippen MR) is 87.6 cm³/mol. The van der Waals surface area contributed by atoms with Crippen LogP contribution in [0.4, 0.5) is 0 Å². The summed E-state index contributed by atoms with van der Waals surface area (Å²) in [6.45, 7) is 11.7. The number of aliphatic carboxylic acids is 1. The van der Waals surface area contributed by atoms with Crippen molar-refractivity contribution in [2.45, 2.75) is 77.8 Å². The molecule has 0 radical (unpaired) electrons. The number of piperidine rings is 1. The molecule has 1 aliphatic heterocycles. The maximum atomic E-state index is 11.7. The summed E-state index contributed by atoms with van der Waals surface area (Å²) in [4.78, 5) is 14.2. The molecule has 2 unspecified atom stereocenters. The lowest BCUT2D eigenvalue weighted by Crippen LogP contribution is -2.54. The van der Waals surface area contributed by atoms with Crippen molar-refractivity contribution in [1.29, 1.82) is 0 Å². The average Bonchev–Trinajstić information content (AvgIpc) is 2.45. The molecule has 0 aromatic carbocycles. The van der Waals surface area contributed by atoms with E-state index in [1.165, 1.54) is 32.4 Å². The summed E-state index contributed by atoms with van der Waals surface area (Å²) in [5.41, 5.74) is -0.756. The monoisotopic (exact) mass is 298 g/mol. The minimum absolute atomic E-state index is 0.195. The molecule has 0 amide bonds. The topological polar surface area (TPSA) is 52.6 Å². The van der Waals surface area contributed by atoms with Crippen molar-refractivity contribution in [2.24, 2.45) is 5.92 Å². The van der Waals surface area contributed by atoms with Gasteiger partial charge in [0, 0.05) is 12.6 Å². The van der Waals surface area contributed by atoms with E-state index in [4.69, 9.17) is 0 Å². The van der Waals surface area contributed by atoms with E-state index >= 15 is 0 Å². The normalized spacial score (nSPS) is 23.2. The van der Waals surface area contributed by atoms with Gasteiger partial charge in [0.2, 0.25) is 0 Å². The van der Waals surface area contributed by atoms with Gasteiger partial charge in [-0.2, -0.15) is 0 Å². The number of carboxylic acids is 1. The van der Waals surface area contributed by atoms with Gasteiger partial charge in [0.05, 0.1) is 0 Å². The lowest BCUT2D eigenvalue weighted by atomic mass is 9.89. The number of nitrogens with one attached hydrogen (secondary N) is 1. The lowest BCUT2D eigenvalue weighted by molar-refractivity contribution is -0.145. The molecule has 4 heteroatoms. The Bertz CT molecular complexity index is 320. The van der Waals surface area contributed by atoms with Gasteiger partial charge in [0.15, 0.2) is 0 Å². The fourth-order valence-electron chi connectivity index (χ4n) is 3.52. The van der Waals surface area contributed by atoms with E-state index in [1.54, 1.807) is 0 Å². The van der Waals surface area contributed by atoms with E-state index in [1.807, 2.05) is 20.8 Å². The zero-order valence-corrected chi connectivity index (χ0v) is 14.3. The first-order valence-electron chi connectivity index (χ1n) is 8.67. The summed E-state index contributed by atoms with van der Waals surface area (Å²) in [7, 11) is 0. The van der Waals surface area contributed by atoms with Crippen LogP contribution in [0.5, 0.6) is 0 Å². The van der Waals surface area contributed by atoms with Crippen LogP contribution in [0.1, 0.15) is 66.2 Å². The molecule has 21 heavy (non-hydrogen) atoms. The van der Waals surface area contributed by atoms with Crippen LogP contribution in [0.25, 0.3) is 0 Å². The maximum absolute atomic E-state index is 11.7. The van der Waals surface area contributed by atoms with Crippen molar-refractivity contribution in [3.8, 4) is 0 Å². The zero-order valence-electron chi connectivity index (χ0n) is 14.3. The number of hydrogen-bond donors (Lipinski definition) is 2. The Labute approximate surface area is 130 Å². The Morgan fingerprint density at radius 3 is 2.67 bits per heavy atom. The molecule has 1 saturated heterocycles. The standard InChI is InChI=1S/C17H34N2O2/c1-5-15-9-7-11-19(13-15)12-8-10-17(6-2,16(20)21)18-14(3)4/h14-15,18H,5-13H2,1-4H3,(H,20,21). The molecule has 0 bridgehead atoms. The van der Waals surface area contributed by atoms with Gasteiger partial charge >= 0.3 is 5.97 Å². The summed E-state index contributed by atoms with van der Waals surface area (Å²) >= 11 is 0. The van der Waals surface area contributed by atoms with Gasteiger partial charge in [-0.25, -0.2) is 0 Å². The minimum atomic E-state index is -0.756. The molecule has 2 N–H and O–H groups in total. The molecular weight excluding hydrogens is 264 g/mol. The van der Waals surface area contributed by atoms with Crippen LogP contribution in [-0.2, 0) is 4.79 Å². The molecule has 1 fully saturated rings. The van der Waals surface area contributed by atoms with Crippen molar-refractivity contribution < 1.29 is 9.90 Å². The molecule has 1 heterocycles. The Kier molecular flexibility index (Phi) is 7.67. The zero-order chi connectivity index (χ0) is 15.9. The Balaban J connectivity index is 2.47. The van der Waals surface area contributed by atoms with Crippen LogP contribution < -0.4 is 5.32 Å². The van der Waals surface area contributed by atoms with Crippen molar-refractivity contribution in [3.63, 3.8) is 0 Å². The van der Waals surface area contributed by atoms with Gasteiger partial charge in [-0.05, 0) is 65.0 Å². The second kappa shape index (κ2) is 8.74. The highest BCUT2D eigenvalue weighted by molar-refractivity contribution is 5.78. The van der Waals surface area contributed by atoms with Crippen LogP contribution in [0.15, 0.2) is 0 Å². The first kappa shape index (κ1) is 18.4. The summed E-state index contributed by atoms with van der Waals surface area (Å²) in [5.74, 6) is 0.131. The molecule has 0 aromatic rings. The summed E-state index contributed by atoms with van der Waals surface area (Å²) < 4.78 is 0. The van der Waals surface area contributed by atoms with Gasteiger partial charge < -0.3 is 10.0 Å². The smallest absolute Gasteiger partial charge is 0.323 e. The predicted octanol–water partition coefficient (Wildman–Crippen LogP) is 3.12. The first-order valence-corrected chi connectivity index (χ1v) is 8.67. The molecule has 2 atom stereocenters. The van der Waals surface area contributed by atoms with Gasteiger partial charge in [-0.15, -0.1) is 0 Å². The molecule has 0 saturated carbocycles. The SMILES string of the molecule is CCC1CCCN(CCCC(CC)(NC(C)C)C(=O)O)C1. The second-order valence-corrected chi connectivity index (χ2v) is 6.86. The average molecular weight is 298 g/mol. The highest BCUT2D eigenvalue weighted by Gasteiger charge is 2.36. The van der Waals surface area contributed by atoms with Gasteiger partial charge in [0.1, 0.15) is 5.54 Å². The second-order valence-electron chi connectivity index (χ2n) is 6.86. The van der Waals surface area contributed by atoms with Crippen LogP contribution in [-0.4, -0.2) is 47.2 Å². The number of likely N-dealkylation sites (tertiary alicyclic amines) is 1. The first-order chi connectivity index (χ1) is 9.93. The molecule has 4 nitrogen and oxygen atoms in total. The van der Waals surface area contributed by atoms with Gasteiger partial charge in [-0.3, -0.25) is 10.1 Å². The number of rotatable bonds is 9. The maximum Gasteiger partial charge on any atom is 0.323 e. The van der Waals surface area contributed by atoms with E-state index in [9.17, 15) is 9.90 Å². The third-order valence-electron chi connectivity index (χ3n) is 4.84. The van der Waals surface area contributed by atoms with Crippen molar-refractivity contribution in [2.75, 3.05) is 19.6 Å². The third-order valence-corrected chi connectivity index (χ3v) is 4.84. The fourth-order valence-corrected chi connectivity index (χ4v) is 3.52. The van der Waals surface area contributed by atoms with Crippen LogP contribution in [0, 0.1) is 5.92 Å². The minimum Gasteiger partial charge on any atom is -0.480 e. The largest absolute Gasteiger partial charge is 0.480 e. The fraction of sp³-hybridized carbons (Fsp3) is 0.941. The molecule has 124 valence electrons. The molecule has 1 rings (SSSR count). The Hall–Kier alpha value is -0.610. The molecule has 0 spiro atoms. The van der Waals surface area contributed by atoms with E-state index in [2.05, 4.69) is 17.1 Å². The quantitative estimate of drug-likeness (QED) is 0.687. The van der Waals surface area contributed by atoms with Crippen LogP contribution in [0.3, 0.4) is 0 Å². The number of hydrogen-bond acceptors (Lipinski definition) is 3. The third kappa shape index (κ3) is 5.59. The number of carbonyl (C=O) groups is 1. The summed E-state index contributed by atoms with van der Waals surface area (Å²) in [5, 5.41) is 12.9. The van der Waals surface area contributed by atoms with Crippen molar-refractivity contribution >= 4 is 5.97 Å².